The molecular weight excluding hydrogens is 222 g/mol. The molecule has 1 aromatic carbocycles. The van der Waals surface area contributed by atoms with Crippen molar-refractivity contribution >= 4 is 11.0 Å². The molecule has 2 aromatic rings. The molecule has 0 bridgehead atoms. The Labute approximate surface area is 109 Å². The van der Waals surface area contributed by atoms with Crippen LogP contribution >= 0.6 is 0 Å². The molecule has 1 heterocycles. The first kappa shape index (κ1) is 13.1. The molecule has 18 heavy (non-hydrogen) atoms. The van der Waals surface area contributed by atoms with Gasteiger partial charge in [0.1, 0.15) is 5.82 Å². The Morgan fingerprint density at radius 2 is 2.11 bits per heavy atom. The number of likely N-dealkylation sites (N-methyl/N-ethyl adjacent to an activating group) is 1. The van der Waals surface area contributed by atoms with Crippen LogP contribution in [-0.4, -0.2) is 23.1 Å². The second-order valence-corrected chi connectivity index (χ2v) is 5.38. The first-order valence-corrected chi connectivity index (χ1v) is 6.72. The molecule has 1 aromatic heterocycles. The summed E-state index contributed by atoms with van der Waals surface area (Å²) in [5, 5.41) is 3.20. The summed E-state index contributed by atoms with van der Waals surface area (Å²) in [5.74, 6) is 1.83. The number of benzene rings is 1. The minimum Gasteiger partial charge on any atom is -0.328 e. The normalized spacial score (nSPS) is 11.6. The van der Waals surface area contributed by atoms with Gasteiger partial charge < -0.3 is 9.88 Å². The van der Waals surface area contributed by atoms with Crippen LogP contribution in [0.2, 0.25) is 0 Å². The van der Waals surface area contributed by atoms with E-state index in [-0.39, 0.29) is 0 Å². The molecule has 0 aliphatic carbocycles. The third kappa shape index (κ3) is 2.72. The molecule has 0 fully saturated rings. The number of aromatic nitrogens is 2. The first-order chi connectivity index (χ1) is 8.61. The predicted molar refractivity (Wildman–Crippen MR) is 76.9 cm³/mol. The molecule has 0 amide bonds. The highest BCUT2D eigenvalue weighted by Crippen LogP contribution is 2.19. The number of rotatable bonds is 5. The van der Waals surface area contributed by atoms with Crippen LogP contribution in [0.5, 0.6) is 0 Å². The number of hydrogen-bond donors (Lipinski definition) is 1. The number of nitrogens with one attached hydrogen (secondary N) is 1. The maximum absolute atomic E-state index is 4.79. The van der Waals surface area contributed by atoms with Gasteiger partial charge in [-0.2, -0.15) is 0 Å². The Morgan fingerprint density at radius 3 is 2.78 bits per heavy atom. The van der Waals surface area contributed by atoms with E-state index in [9.17, 15) is 0 Å². The third-order valence-corrected chi connectivity index (χ3v) is 3.13. The van der Waals surface area contributed by atoms with E-state index in [1.165, 1.54) is 16.9 Å². The van der Waals surface area contributed by atoms with Gasteiger partial charge in [-0.15, -0.1) is 0 Å². The maximum atomic E-state index is 4.79. The van der Waals surface area contributed by atoms with Gasteiger partial charge in [0.15, 0.2) is 0 Å². The largest absolute Gasteiger partial charge is 0.328 e. The molecule has 98 valence electrons. The van der Waals surface area contributed by atoms with Gasteiger partial charge in [-0.05, 0) is 37.6 Å². The Balaban J connectivity index is 2.45. The van der Waals surface area contributed by atoms with Gasteiger partial charge in [0.25, 0.3) is 0 Å². The SMILES string of the molecule is CNCCc1nc2cc(C)ccc2n1CC(C)C. The van der Waals surface area contributed by atoms with Crippen molar-refractivity contribution in [2.24, 2.45) is 5.92 Å². The molecular formula is C15H23N3. The summed E-state index contributed by atoms with van der Waals surface area (Å²) in [6, 6.07) is 6.54. The minimum absolute atomic E-state index is 0.636. The molecule has 0 aliphatic rings. The van der Waals surface area contributed by atoms with Crippen LogP contribution in [0, 0.1) is 12.8 Å². The van der Waals surface area contributed by atoms with Crippen molar-refractivity contribution in [2.45, 2.75) is 33.7 Å². The van der Waals surface area contributed by atoms with E-state index in [4.69, 9.17) is 4.98 Å². The Morgan fingerprint density at radius 1 is 1.33 bits per heavy atom. The summed E-state index contributed by atoms with van der Waals surface area (Å²) in [5.41, 5.74) is 3.67. The summed E-state index contributed by atoms with van der Waals surface area (Å²) < 4.78 is 2.37. The van der Waals surface area contributed by atoms with Crippen LogP contribution in [0.3, 0.4) is 0 Å². The van der Waals surface area contributed by atoms with Crippen LogP contribution in [0.25, 0.3) is 11.0 Å². The topological polar surface area (TPSA) is 29.9 Å². The molecule has 3 heteroatoms. The zero-order valence-corrected chi connectivity index (χ0v) is 11.8. The second-order valence-electron chi connectivity index (χ2n) is 5.38. The quantitative estimate of drug-likeness (QED) is 0.878. The van der Waals surface area contributed by atoms with Crippen molar-refractivity contribution in [3.05, 3.63) is 29.6 Å². The van der Waals surface area contributed by atoms with Gasteiger partial charge in [0.2, 0.25) is 0 Å². The average molecular weight is 245 g/mol. The van der Waals surface area contributed by atoms with Gasteiger partial charge >= 0.3 is 0 Å². The van der Waals surface area contributed by atoms with Crippen molar-refractivity contribution in [3.63, 3.8) is 0 Å². The summed E-state index contributed by atoms with van der Waals surface area (Å²) in [6.45, 7) is 8.64. The van der Waals surface area contributed by atoms with E-state index >= 15 is 0 Å². The molecule has 0 radical (unpaired) electrons. The zero-order valence-electron chi connectivity index (χ0n) is 11.8. The lowest BCUT2D eigenvalue weighted by atomic mass is 10.2. The van der Waals surface area contributed by atoms with Crippen molar-refractivity contribution in [1.82, 2.24) is 14.9 Å². The Bertz CT molecular complexity index is 526. The van der Waals surface area contributed by atoms with Crippen molar-refractivity contribution < 1.29 is 0 Å². The first-order valence-electron chi connectivity index (χ1n) is 6.72. The van der Waals surface area contributed by atoms with E-state index < -0.39 is 0 Å². The van der Waals surface area contributed by atoms with Crippen molar-refractivity contribution in [1.29, 1.82) is 0 Å². The lowest BCUT2D eigenvalue weighted by molar-refractivity contribution is 0.514. The van der Waals surface area contributed by atoms with E-state index in [1.54, 1.807) is 0 Å². The highest BCUT2D eigenvalue weighted by atomic mass is 15.1. The smallest absolute Gasteiger partial charge is 0.111 e. The minimum atomic E-state index is 0.636. The van der Waals surface area contributed by atoms with Gasteiger partial charge in [0.05, 0.1) is 11.0 Å². The summed E-state index contributed by atoms with van der Waals surface area (Å²) >= 11 is 0. The molecule has 0 spiro atoms. The number of fused-ring (bicyclic) bond motifs is 1. The maximum Gasteiger partial charge on any atom is 0.111 e. The van der Waals surface area contributed by atoms with E-state index in [1.807, 2.05) is 7.05 Å². The van der Waals surface area contributed by atoms with Crippen LogP contribution in [-0.2, 0) is 13.0 Å². The second kappa shape index (κ2) is 5.53. The Kier molecular flexibility index (Phi) is 4.02. The van der Waals surface area contributed by atoms with Gasteiger partial charge in [-0.25, -0.2) is 4.98 Å². The lowest BCUT2D eigenvalue weighted by Crippen LogP contribution is -2.15. The number of imidazole rings is 1. The highest BCUT2D eigenvalue weighted by Gasteiger charge is 2.11. The van der Waals surface area contributed by atoms with E-state index in [2.05, 4.69) is 48.9 Å². The Hall–Kier alpha value is -1.35. The lowest BCUT2D eigenvalue weighted by Gasteiger charge is -2.11. The summed E-state index contributed by atoms with van der Waals surface area (Å²) in [4.78, 5) is 4.79. The molecule has 0 saturated carbocycles. The molecule has 1 N–H and O–H groups in total. The molecule has 0 atom stereocenters. The van der Waals surface area contributed by atoms with E-state index in [0.29, 0.717) is 5.92 Å². The molecule has 3 nitrogen and oxygen atoms in total. The van der Waals surface area contributed by atoms with Crippen LogP contribution in [0.4, 0.5) is 0 Å². The third-order valence-electron chi connectivity index (χ3n) is 3.13. The highest BCUT2D eigenvalue weighted by molar-refractivity contribution is 5.76. The molecule has 2 rings (SSSR count). The standard InChI is InChI=1S/C15H23N3/c1-11(2)10-18-14-6-5-12(3)9-13(14)17-15(18)7-8-16-4/h5-6,9,11,16H,7-8,10H2,1-4H3. The molecule has 0 unspecified atom stereocenters. The fraction of sp³-hybridized carbons (Fsp3) is 0.533. The van der Waals surface area contributed by atoms with Crippen LogP contribution in [0.1, 0.15) is 25.2 Å². The molecule has 0 aliphatic heterocycles. The zero-order chi connectivity index (χ0) is 13.1. The van der Waals surface area contributed by atoms with Crippen LogP contribution in [0.15, 0.2) is 18.2 Å². The van der Waals surface area contributed by atoms with Gasteiger partial charge in [-0.1, -0.05) is 19.9 Å². The summed E-state index contributed by atoms with van der Waals surface area (Å²) in [6.07, 6.45) is 0.983. The monoisotopic (exact) mass is 245 g/mol. The van der Waals surface area contributed by atoms with Gasteiger partial charge in [-0.3, -0.25) is 0 Å². The van der Waals surface area contributed by atoms with Gasteiger partial charge in [0, 0.05) is 19.5 Å². The molecule has 0 saturated heterocycles. The van der Waals surface area contributed by atoms with E-state index in [0.717, 1.165) is 25.0 Å². The number of nitrogens with zero attached hydrogens (tertiary/aromatic N) is 2. The summed E-state index contributed by atoms with van der Waals surface area (Å²) in [7, 11) is 1.99. The van der Waals surface area contributed by atoms with Crippen molar-refractivity contribution in [3.8, 4) is 0 Å². The fourth-order valence-electron chi connectivity index (χ4n) is 2.29. The average Bonchev–Trinajstić information content (AvgIpc) is 2.63. The van der Waals surface area contributed by atoms with Crippen molar-refractivity contribution in [2.75, 3.05) is 13.6 Å². The fourth-order valence-corrected chi connectivity index (χ4v) is 2.29. The van der Waals surface area contributed by atoms with Crippen LogP contribution < -0.4 is 5.32 Å². The number of aryl methyl sites for hydroxylation is 1. The predicted octanol–water partition coefficient (Wildman–Crippen LogP) is 2.76. The number of hydrogen-bond acceptors (Lipinski definition) is 2.